The normalized spacial score (nSPS) is 17.5. The molecule has 3 heterocycles. The number of H-pyrrole nitrogens is 1. The van der Waals surface area contributed by atoms with Crippen molar-refractivity contribution in [2.45, 2.75) is 161 Å². The molecule has 0 aliphatic carbocycles. The summed E-state index contributed by atoms with van der Waals surface area (Å²) in [6.07, 6.45) is 4.25. The second-order valence-electron chi connectivity index (χ2n) is 20.0. The Bertz CT molecular complexity index is 2440. The largest absolute Gasteiger partial charge is 0.368 e. The lowest BCUT2D eigenvalue weighted by Gasteiger charge is -2.32. The average Bonchev–Trinajstić information content (AvgIpc) is 4.19. The maximum absolute atomic E-state index is 14.5. The van der Waals surface area contributed by atoms with E-state index in [1.807, 2.05) is 52.0 Å². The van der Waals surface area contributed by atoms with Crippen molar-refractivity contribution in [3.8, 4) is 0 Å². The molecule has 1 aromatic heterocycles. The van der Waals surface area contributed by atoms with Gasteiger partial charge in [-0.05, 0) is 68.4 Å². The summed E-state index contributed by atoms with van der Waals surface area (Å²) in [7, 11) is 1.25. The molecule has 76 heavy (non-hydrogen) atoms. The number of nitrogens with one attached hydrogen (secondary N) is 9. The summed E-state index contributed by atoms with van der Waals surface area (Å²) in [5.74, 6) is -9.03. The third-order valence-corrected chi connectivity index (χ3v) is 13.8. The molecule has 11 N–H and O–H groups in total. The Morgan fingerprint density at radius 1 is 0.724 bits per heavy atom. The maximum Gasteiger partial charge on any atom is 0.287 e. The molecule has 0 spiro atoms. The van der Waals surface area contributed by atoms with Crippen LogP contribution in [0.1, 0.15) is 118 Å². The molecule has 11 amide bonds. The van der Waals surface area contributed by atoms with Crippen molar-refractivity contribution >= 4 is 81.7 Å². The highest BCUT2D eigenvalue weighted by Crippen LogP contribution is 2.23. The lowest BCUT2D eigenvalue weighted by atomic mass is 9.95. The van der Waals surface area contributed by atoms with Gasteiger partial charge in [-0.3, -0.25) is 57.5 Å². The fraction of sp³-hybridized carbons (Fsp3) is 0.615. The Balaban J connectivity index is 1.48. The Morgan fingerprint density at radius 3 is 1.99 bits per heavy atom. The first-order chi connectivity index (χ1) is 36.1. The van der Waals surface area contributed by atoms with Crippen LogP contribution in [0.25, 0.3) is 10.9 Å². The summed E-state index contributed by atoms with van der Waals surface area (Å²) in [5, 5.41) is 21.5. The van der Waals surface area contributed by atoms with Crippen LogP contribution in [0.5, 0.6) is 0 Å². The highest BCUT2D eigenvalue weighted by molar-refractivity contribution is 6.36. The minimum Gasteiger partial charge on any atom is -0.368 e. The van der Waals surface area contributed by atoms with Gasteiger partial charge in [-0.2, -0.15) is 0 Å². The number of carbonyl (C=O) groups is 12. The second kappa shape index (κ2) is 29.6. The standard InChI is InChI=1S/C52H78N12O12/c1-8-10-16-35(59-46(70)36(20-21-41(66)50(74)54-7)58-42(67)27-57-48(72)39-18-13-22-63(39)43(68)28-55-31(6)65)47(71)62-44(30(5)9-2)51(75)61-38(24-29(3)4)52(76)64-23-14-19-40(64)49(73)60-37(45(53)69)25-32-26-56-34-17-12-11-15-33(32)34/h11-12,15,17,26,29-30,35-40,44,56H,8-10,13-14,16,18-25,27-28H2,1-7H3,(H2,53,69)(H,54,74)(H,55,65)(H,57,72)(H,58,67)(H,59,70)(H,60,73)(H,61,75)(H,62,71)/t30-,35-,36-,37-,38-,39-,40-,44-/m0/s1. The number of carbonyl (C=O) groups excluding carboxylic acids is 12. The molecule has 0 unspecified atom stereocenters. The van der Waals surface area contributed by atoms with Gasteiger partial charge < -0.3 is 63.1 Å². The summed E-state index contributed by atoms with van der Waals surface area (Å²) in [6.45, 7) is 9.89. The van der Waals surface area contributed by atoms with Gasteiger partial charge in [0, 0.05) is 57.0 Å². The second-order valence-corrected chi connectivity index (χ2v) is 20.0. The van der Waals surface area contributed by atoms with Gasteiger partial charge in [0.2, 0.25) is 64.9 Å². The number of fused-ring (bicyclic) bond motifs is 1. The van der Waals surface area contributed by atoms with Crippen LogP contribution in [0.2, 0.25) is 0 Å². The predicted octanol–water partition coefficient (Wildman–Crippen LogP) is -0.768. The van der Waals surface area contributed by atoms with Gasteiger partial charge in [0.1, 0.15) is 42.3 Å². The number of Topliss-reactive ketones (excluding diaryl/α,β-unsaturated/α-hetero) is 1. The molecule has 2 fully saturated rings. The third kappa shape index (κ3) is 17.6. The van der Waals surface area contributed by atoms with E-state index in [1.54, 1.807) is 13.1 Å². The van der Waals surface area contributed by atoms with E-state index in [2.05, 4.69) is 47.5 Å². The topological polar surface area (TPSA) is 349 Å². The third-order valence-electron chi connectivity index (χ3n) is 13.8. The van der Waals surface area contributed by atoms with Gasteiger partial charge in [0.15, 0.2) is 0 Å². The molecule has 2 aliphatic heterocycles. The minimum atomic E-state index is -1.49. The van der Waals surface area contributed by atoms with Crippen LogP contribution >= 0.6 is 0 Å². The Kier molecular flexibility index (Phi) is 23.8. The molecular formula is C52H78N12O12. The highest BCUT2D eigenvalue weighted by atomic mass is 16.2. The lowest BCUT2D eigenvalue weighted by molar-refractivity contribution is -0.143. The molecule has 1 aromatic carbocycles. The number of primary amides is 1. The van der Waals surface area contributed by atoms with E-state index >= 15 is 0 Å². The van der Waals surface area contributed by atoms with Crippen molar-refractivity contribution in [3.05, 3.63) is 36.0 Å². The Morgan fingerprint density at radius 2 is 1.36 bits per heavy atom. The highest BCUT2D eigenvalue weighted by Gasteiger charge is 2.41. The number of aromatic amines is 1. The van der Waals surface area contributed by atoms with Crippen molar-refractivity contribution in [2.24, 2.45) is 17.6 Å². The van der Waals surface area contributed by atoms with Gasteiger partial charge in [-0.25, -0.2) is 0 Å². The summed E-state index contributed by atoms with van der Waals surface area (Å²) in [5.41, 5.74) is 7.40. The molecule has 8 atom stereocenters. The van der Waals surface area contributed by atoms with E-state index in [-0.39, 0.29) is 51.2 Å². The summed E-state index contributed by atoms with van der Waals surface area (Å²) in [4.78, 5) is 165. The van der Waals surface area contributed by atoms with Gasteiger partial charge in [-0.1, -0.05) is 72.1 Å². The number of likely N-dealkylation sites (tertiary alicyclic amines) is 2. The summed E-state index contributed by atoms with van der Waals surface area (Å²) >= 11 is 0. The molecule has 0 radical (unpaired) electrons. The summed E-state index contributed by atoms with van der Waals surface area (Å²) in [6, 6.07) is -0.586. The molecule has 418 valence electrons. The number of nitrogens with two attached hydrogens (primary N) is 1. The number of aromatic nitrogens is 1. The molecule has 2 saturated heterocycles. The van der Waals surface area contributed by atoms with Gasteiger partial charge in [0.25, 0.3) is 5.91 Å². The number of hydrogen-bond donors (Lipinski definition) is 10. The lowest BCUT2D eigenvalue weighted by Crippen LogP contribution is -2.61. The monoisotopic (exact) mass is 1060 g/mol. The van der Waals surface area contributed by atoms with Crippen LogP contribution in [0.15, 0.2) is 30.5 Å². The van der Waals surface area contributed by atoms with Crippen molar-refractivity contribution < 1.29 is 57.5 Å². The number of rotatable bonds is 29. The summed E-state index contributed by atoms with van der Waals surface area (Å²) < 4.78 is 0. The first kappa shape index (κ1) is 61.1. The number of ketones is 1. The first-order valence-corrected chi connectivity index (χ1v) is 26.3. The van der Waals surface area contributed by atoms with Crippen LogP contribution in [-0.4, -0.2) is 161 Å². The zero-order valence-electron chi connectivity index (χ0n) is 44.8. The molecule has 0 saturated carbocycles. The van der Waals surface area contributed by atoms with Crippen molar-refractivity contribution in [3.63, 3.8) is 0 Å². The van der Waals surface area contributed by atoms with Crippen molar-refractivity contribution in [1.82, 2.24) is 57.3 Å². The number of para-hydroxylation sites is 1. The van der Waals surface area contributed by atoms with Crippen LogP contribution in [0.4, 0.5) is 0 Å². The number of nitrogens with zero attached hydrogens (tertiary/aromatic N) is 2. The molecule has 4 rings (SSSR count). The van der Waals surface area contributed by atoms with Gasteiger partial charge in [-0.15, -0.1) is 0 Å². The number of unbranched alkanes of at least 4 members (excludes halogenated alkanes) is 1. The molecule has 24 heteroatoms. The van der Waals surface area contributed by atoms with Crippen molar-refractivity contribution in [2.75, 3.05) is 33.2 Å². The minimum absolute atomic E-state index is 0.0840. The number of amides is 11. The number of hydrogen-bond acceptors (Lipinski definition) is 12. The zero-order chi connectivity index (χ0) is 56.2. The smallest absolute Gasteiger partial charge is 0.287 e. The maximum atomic E-state index is 14.5. The fourth-order valence-electron chi connectivity index (χ4n) is 9.34. The zero-order valence-corrected chi connectivity index (χ0v) is 44.8. The fourth-order valence-corrected chi connectivity index (χ4v) is 9.34. The van der Waals surface area contributed by atoms with E-state index < -0.39 is 132 Å². The average molecular weight is 1060 g/mol. The number of benzene rings is 1. The molecule has 24 nitrogen and oxygen atoms in total. The van der Waals surface area contributed by atoms with E-state index in [4.69, 9.17) is 5.73 Å². The first-order valence-electron chi connectivity index (χ1n) is 26.3. The molecule has 0 bridgehead atoms. The van der Waals surface area contributed by atoms with Crippen LogP contribution in [0, 0.1) is 11.8 Å². The number of likely N-dealkylation sites (N-methyl/N-ethyl adjacent to an activating group) is 1. The van der Waals surface area contributed by atoms with E-state index in [1.165, 1.54) is 23.8 Å². The van der Waals surface area contributed by atoms with Crippen LogP contribution in [-0.2, 0) is 64.0 Å². The Hall–Kier alpha value is -7.40. The van der Waals surface area contributed by atoms with Gasteiger partial charge >= 0.3 is 0 Å². The van der Waals surface area contributed by atoms with Crippen LogP contribution < -0.4 is 48.3 Å². The molecule has 2 aromatic rings. The Labute approximate surface area is 443 Å². The van der Waals surface area contributed by atoms with E-state index in [0.29, 0.717) is 44.9 Å². The molecule has 2 aliphatic rings. The SMILES string of the molecule is CCCC[C@H](NC(=O)[C@H](CCC(=O)C(=O)NC)NC(=O)CNC(=O)[C@@H]1CCCN1C(=O)CNC(C)=O)C(=O)N[C@H](C(=O)N[C@@H](CC(C)C)C(=O)N1CCC[C@H]1C(=O)N[C@@H](Cc1c[nH]c2ccccc12)C(N)=O)[C@@H](C)CC. The van der Waals surface area contributed by atoms with E-state index in [9.17, 15) is 57.5 Å². The van der Waals surface area contributed by atoms with Gasteiger partial charge in [0.05, 0.1) is 13.1 Å². The van der Waals surface area contributed by atoms with Crippen LogP contribution in [0.3, 0.4) is 0 Å². The quantitative estimate of drug-likeness (QED) is 0.0450. The van der Waals surface area contributed by atoms with E-state index in [0.717, 1.165) is 16.5 Å². The molecular weight excluding hydrogens is 985 g/mol. The van der Waals surface area contributed by atoms with Crippen molar-refractivity contribution in [1.29, 1.82) is 0 Å². The predicted molar refractivity (Wildman–Crippen MR) is 279 cm³/mol.